The number of alkyl halides is 5. The lowest BCUT2D eigenvalue weighted by Crippen LogP contribution is -2.33. The average Bonchev–Trinajstić information content (AvgIpc) is 2.61. The van der Waals surface area contributed by atoms with Crippen molar-refractivity contribution in [3.8, 4) is 0 Å². The Hall–Kier alpha value is -1.32. The summed E-state index contributed by atoms with van der Waals surface area (Å²) in [5.41, 5.74) is 0. The van der Waals surface area contributed by atoms with Gasteiger partial charge in [-0.05, 0) is 0 Å². The van der Waals surface area contributed by atoms with E-state index in [9.17, 15) is 22.0 Å². The van der Waals surface area contributed by atoms with Gasteiger partial charge in [-0.2, -0.15) is 22.0 Å². The van der Waals surface area contributed by atoms with Crippen molar-refractivity contribution in [2.24, 2.45) is 4.99 Å². The van der Waals surface area contributed by atoms with Gasteiger partial charge in [-0.1, -0.05) is 11.3 Å². The Labute approximate surface area is 96.8 Å². The fourth-order valence-corrected chi connectivity index (χ4v) is 1.36. The molecule has 1 aromatic rings. The van der Waals surface area contributed by atoms with Crippen LogP contribution in [0.15, 0.2) is 4.99 Å². The first-order chi connectivity index (χ1) is 7.64. The van der Waals surface area contributed by atoms with Crippen LogP contribution in [0.2, 0.25) is 0 Å². The third-order valence-corrected chi connectivity index (χ3v) is 2.34. The molecule has 0 bridgehead atoms. The number of nitrogens with zero attached hydrogens (tertiary/aromatic N) is 4. The number of hydrogen-bond donors (Lipinski definition) is 0. The first-order valence-corrected chi connectivity index (χ1v) is 4.95. The van der Waals surface area contributed by atoms with Crippen molar-refractivity contribution in [2.45, 2.75) is 12.1 Å². The van der Waals surface area contributed by atoms with E-state index in [-0.39, 0.29) is 16.5 Å². The van der Waals surface area contributed by atoms with Gasteiger partial charge in [-0.3, -0.25) is 0 Å². The molecule has 1 rings (SSSR count). The largest absolute Gasteiger partial charge is 0.460 e. The van der Waals surface area contributed by atoms with Crippen molar-refractivity contribution < 1.29 is 22.0 Å². The third kappa shape index (κ3) is 3.08. The summed E-state index contributed by atoms with van der Waals surface area (Å²) in [4.78, 5) is 5.04. The Morgan fingerprint density at radius 2 is 1.76 bits per heavy atom. The molecule has 0 aliphatic carbocycles. The second-order valence-corrected chi connectivity index (χ2v) is 4.13. The fraction of sp³-hybridized carbons (Fsp3) is 0.571. The van der Waals surface area contributed by atoms with Crippen molar-refractivity contribution >= 4 is 22.8 Å². The van der Waals surface area contributed by atoms with E-state index in [1.54, 1.807) is 14.1 Å². The summed E-state index contributed by atoms with van der Waals surface area (Å²) in [6, 6.07) is 0. The van der Waals surface area contributed by atoms with Crippen LogP contribution in [0.4, 0.5) is 27.1 Å². The molecule has 0 aromatic carbocycles. The summed E-state index contributed by atoms with van der Waals surface area (Å²) < 4.78 is 61.5. The van der Waals surface area contributed by atoms with Crippen LogP contribution >= 0.6 is 11.3 Å². The number of rotatable bonds is 3. The van der Waals surface area contributed by atoms with Gasteiger partial charge >= 0.3 is 12.1 Å². The molecule has 0 spiro atoms. The maximum atomic E-state index is 12.8. The highest BCUT2D eigenvalue weighted by atomic mass is 32.1. The van der Waals surface area contributed by atoms with Gasteiger partial charge in [0.25, 0.3) is 0 Å². The van der Waals surface area contributed by atoms with Gasteiger partial charge in [0.15, 0.2) is 5.01 Å². The van der Waals surface area contributed by atoms with Crippen molar-refractivity contribution in [2.75, 3.05) is 14.1 Å². The summed E-state index contributed by atoms with van der Waals surface area (Å²) >= 11 is 0.0919. The van der Waals surface area contributed by atoms with E-state index in [0.29, 0.717) is 0 Å². The molecule has 0 unspecified atom stereocenters. The van der Waals surface area contributed by atoms with E-state index in [0.717, 1.165) is 0 Å². The zero-order valence-corrected chi connectivity index (χ0v) is 9.48. The first kappa shape index (κ1) is 13.7. The minimum Gasteiger partial charge on any atom is -0.369 e. The SMILES string of the molecule is CN(C)C=Nc1nnc(C(F)(F)C(F)(F)F)s1. The molecule has 0 radical (unpaired) electrons. The molecule has 0 saturated carbocycles. The topological polar surface area (TPSA) is 41.4 Å². The molecule has 96 valence electrons. The molecule has 0 N–H and O–H groups in total. The van der Waals surface area contributed by atoms with Gasteiger partial charge in [0.2, 0.25) is 5.13 Å². The van der Waals surface area contributed by atoms with E-state index in [1.807, 2.05) is 0 Å². The normalized spacial score (nSPS) is 13.4. The monoisotopic (exact) mass is 274 g/mol. The molecule has 0 saturated heterocycles. The highest BCUT2D eigenvalue weighted by Gasteiger charge is 2.61. The average molecular weight is 274 g/mol. The summed E-state index contributed by atoms with van der Waals surface area (Å²) in [5, 5.41) is 4.24. The highest BCUT2D eigenvalue weighted by Crippen LogP contribution is 2.45. The minimum atomic E-state index is -5.69. The van der Waals surface area contributed by atoms with Crippen LogP contribution in [0, 0.1) is 0 Å². The van der Waals surface area contributed by atoms with E-state index in [1.165, 1.54) is 11.2 Å². The van der Waals surface area contributed by atoms with Crippen molar-refractivity contribution in [3.05, 3.63) is 5.01 Å². The smallest absolute Gasteiger partial charge is 0.369 e. The Morgan fingerprint density at radius 1 is 1.18 bits per heavy atom. The lowest BCUT2D eigenvalue weighted by atomic mass is 10.3. The summed E-state index contributed by atoms with van der Waals surface area (Å²) in [7, 11) is 3.21. The predicted octanol–water partition coefficient (Wildman–Crippen LogP) is 2.41. The predicted molar refractivity (Wildman–Crippen MR) is 51.7 cm³/mol. The molecule has 1 aromatic heterocycles. The maximum Gasteiger partial charge on any atom is 0.460 e. The van der Waals surface area contributed by atoms with Gasteiger partial charge in [0, 0.05) is 14.1 Å². The Bertz CT molecular complexity index is 411. The van der Waals surface area contributed by atoms with E-state index >= 15 is 0 Å². The summed E-state index contributed by atoms with van der Waals surface area (Å²) in [5.74, 6) is -5.00. The second kappa shape index (κ2) is 4.51. The fourth-order valence-electron chi connectivity index (χ4n) is 0.681. The van der Waals surface area contributed by atoms with Crippen LogP contribution in [0.3, 0.4) is 0 Å². The molecular weight excluding hydrogens is 267 g/mol. The van der Waals surface area contributed by atoms with Gasteiger partial charge in [-0.25, -0.2) is 4.99 Å². The van der Waals surface area contributed by atoms with Crippen LogP contribution in [0.1, 0.15) is 5.01 Å². The maximum absolute atomic E-state index is 12.8. The zero-order chi connectivity index (χ0) is 13.3. The third-order valence-electron chi connectivity index (χ3n) is 1.44. The quantitative estimate of drug-likeness (QED) is 0.483. The molecule has 4 nitrogen and oxygen atoms in total. The molecule has 0 aliphatic heterocycles. The molecular formula is C7H7F5N4S. The Balaban J connectivity index is 2.96. The van der Waals surface area contributed by atoms with Gasteiger partial charge in [-0.15, -0.1) is 10.2 Å². The van der Waals surface area contributed by atoms with Crippen LogP contribution in [-0.2, 0) is 5.92 Å². The number of hydrogen-bond acceptors (Lipinski definition) is 4. The Kier molecular flexibility index (Phi) is 3.65. The van der Waals surface area contributed by atoms with Crippen LogP contribution in [0.25, 0.3) is 0 Å². The molecule has 1 heterocycles. The van der Waals surface area contributed by atoms with Crippen LogP contribution in [-0.4, -0.2) is 41.7 Å². The van der Waals surface area contributed by atoms with Crippen LogP contribution < -0.4 is 0 Å². The minimum absolute atomic E-state index is 0.0919. The van der Waals surface area contributed by atoms with Gasteiger partial charge < -0.3 is 4.90 Å². The molecule has 0 aliphatic rings. The summed E-state index contributed by atoms with van der Waals surface area (Å²) in [6.45, 7) is 0. The molecule has 17 heavy (non-hydrogen) atoms. The number of aliphatic imine (C=N–C) groups is 1. The van der Waals surface area contributed by atoms with Crippen molar-refractivity contribution in [1.29, 1.82) is 0 Å². The van der Waals surface area contributed by atoms with E-state index in [2.05, 4.69) is 15.2 Å². The van der Waals surface area contributed by atoms with E-state index in [4.69, 9.17) is 0 Å². The summed E-state index contributed by atoms with van der Waals surface area (Å²) in [6.07, 6.45) is -4.47. The lowest BCUT2D eigenvalue weighted by Gasteiger charge is -2.15. The number of halogens is 5. The Morgan fingerprint density at radius 3 is 2.24 bits per heavy atom. The van der Waals surface area contributed by atoms with Crippen LogP contribution in [0.5, 0.6) is 0 Å². The molecule has 0 atom stereocenters. The zero-order valence-electron chi connectivity index (χ0n) is 8.66. The molecule has 0 fully saturated rings. The molecule has 0 amide bonds. The van der Waals surface area contributed by atoms with Gasteiger partial charge in [0.1, 0.15) is 0 Å². The number of aromatic nitrogens is 2. The highest BCUT2D eigenvalue weighted by molar-refractivity contribution is 7.15. The first-order valence-electron chi connectivity index (χ1n) is 4.13. The van der Waals surface area contributed by atoms with E-state index < -0.39 is 17.1 Å². The molecule has 10 heteroatoms. The standard InChI is InChI=1S/C7H7F5N4S/c1-16(2)3-13-5-15-14-4(17-5)6(8,9)7(10,11)12/h3H,1-2H3. The lowest BCUT2D eigenvalue weighted by molar-refractivity contribution is -0.289. The van der Waals surface area contributed by atoms with Gasteiger partial charge in [0.05, 0.1) is 6.34 Å². The second-order valence-electron chi connectivity index (χ2n) is 3.17. The van der Waals surface area contributed by atoms with Crippen molar-refractivity contribution in [1.82, 2.24) is 15.1 Å². The van der Waals surface area contributed by atoms with Crippen molar-refractivity contribution in [3.63, 3.8) is 0 Å².